The molecule has 27 heavy (non-hydrogen) atoms. The zero-order chi connectivity index (χ0) is 19.4. The lowest BCUT2D eigenvalue weighted by Gasteiger charge is -2.42. The Morgan fingerprint density at radius 3 is 2.52 bits per heavy atom. The van der Waals surface area contributed by atoms with Crippen LogP contribution in [-0.2, 0) is 11.2 Å². The Hall–Kier alpha value is -1.51. The maximum Gasteiger partial charge on any atom is 0.573 e. The molecule has 9 heteroatoms. The van der Waals surface area contributed by atoms with Gasteiger partial charge < -0.3 is 15.8 Å². The molecule has 0 spiro atoms. The second-order valence-corrected chi connectivity index (χ2v) is 7.39. The van der Waals surface area contributed by atoms with Gasteiger partial charge in [0.1, 0.15) is 5.75 Å². The number of hydrogen-bond acceptors (Lipinski definition) is 4. The van der Waals surface area contributed by atoms with E-state index in [1.807, 2.05) is 0 Å². The molecule has 1 aliphatic rings. The molecule has 0 aromatic heterocycles. The Labute approximate surface area is 163 Å². The van der Waals surface area contributed by atoms with Crippen LogP contribution in [0.2, 0.25) is 0 Å². The summed E-state index contributed by atoms with van der Waals surface area (Å²) in [5.74, 6) is -0.315. The zero-order valence-electron chi connectivity index (χ0n) is 15.5. The summed E-state index contributed by atoms with van der Waals surface area (Å²) in [4.78, 5) is 14.2. The van der Waals surface area contributed by atoms with E-state index in [1.54, 1.807) is 12.1 Å². The highest BCUT2D eigenvalue weighted by Crippen LogP contribution is 2.27. The van der Waals surface area contributed by atoms with Crippen molar-refractivity contribution < 1.29 is 22.7 Å². The van der Waals surface area contributed by atoms with Gasteiger partial charge in [0.2, 0.25) is 5.91 Å². The van der Waals surface area contributed by atoms with Crippen LogP contribution in [0, 0.1) is 5.41 Å². The number of nitrogens with zero attached hydrogens (tertiary/aromatic N) is 1. The van der Waals surface area contributed by atoms with E-state index < -0.39 is 6.36 Å². The maximum absolute atomic E-state index is 12.1. The normalized spacial score (nSPS) is 19.9. The number of likely N-dealkylation sites (tertiary alicyclic amines) is 1. The van der Waals surface area contributed by atoms with Crippen molar-refractivity contribution in [1.29, 1.82) is 0 Å². The van der Waals surface area contributed by atoms with Crippen LogP contribution in [0.25, 0.3) is 0 Å². The van der Waals surface area contributed by atoms with Crippen LogP contribution in [0.15, 0.2) is 24.3 Å². The number of hydrogen-bond donors (Lipinski definition) is 2. The molecule has 0 bridgehead atoms. The van der Waals surface area contributed by atoms with Crippen LogP contribution in [0.4, 0.5) is 13.2 Å². The molecule has 0 aliphatic carbocycles. The molecule has 154 valence electrons. The predicted molar refractivity (Wildman–Crippen MR) is 99.9 cm³/mol. The largest absolute Gasteiger partial charge is 0.573 e. The van der Waals surface area contributed by atoms with Crippen LogP contribution in [0.1, 0.15) is 25.8 Å². The molecule has 1 fully saturated rings. The number of nitrogens with two attached hydrogens (primary N) is 1. The molecule has 1 aliphatic heterocycles. The Balaban J connectivity index is 0.00000364. The summed E-state index contributed by atoms with van der Waals surface area (Å²) >= 11 is 0. The van der Waals surface area contributed by atoms with Crippen molar-refractivity contribution in [1.82, 2.24) is 10.2 Å². The summed E-state index contributed by atoms with van der Waals surface area (Å²) in [5, 5.41) is 2.85. The van der Waals surface area contributed by atoms with Gasteiger partial charge in [0, 0.05) is 25.7 Å². The first-order chi connectivity index (χ1) is 12.0. The highest BCUT2D eigenvalue weighted by molar-refractivity contribution is 5.85. The average Bonchev–Trinajstić information content (AvgIpc) is 2.51. The van der Waals surface area contributed by atoms with Gasteiger partial charge in [-0.15, -0.1) is 25.6 Å². The number of ether oxygens (including phenoxy) is 1. The van der Waals surface area contributed by atoms with Gasteiger partial charge >= 0.3 is 6.36 Å². The summed E-state index contributed by atoms with van der Waals surface area (Å²) in [6.45, 7) is 6.55. The number of carbonyl (C=O) groups is 1. The number of piperidine rings is 1. The minimum Gasteiger partial charge on any atom is -0.406 e. The maximum atomic E-state index is 12.1. The minimum absolute atomic E-state index is 0. The second kappa shape index (κ2) is 9.61. The van der Waals surface area contributed by atoms with Gasteiger partial charge in [0.05, 0.1) is 6.54 Å². The molecule has 1 aromatic carbocycles. The number of benzene rings is 1. The first-order valence-corrected chi connectivity index (χ1v) is 8.64. The van der Waals surface area contributed by atoms with Crippen molar-refractivity contribution in [2.24, 2.45) is 11.1 Å². The lowest BCUT2D eigenvalue weighted by molar-refractivity contribution is -0.274. The van der Waals surface area contributed by atoms with Crippen LogP contribution in [-0.4, -0.2) is 49.4 Å². The Morgan fingerprint density at radius 1 is 1.33 bits per heavy atom. The van der Waals surface area contributed by atoms with Gasteiger partial charge in [-0.2, -0.15) is 0 Å². The number of halogens is 4. The van der Waals surface area contributed by atoms with Crippen molar-refractivity contribution >= 4 is 18.3 Å². The number of amides is 1. The molecule has 2 rings (SSSR count). The van der Waals surface area contributed by atoms with Crippen molar-refractivity contribution in [3.05, 3.63) is 29.8 Å². The van der Waals surface area contributed by atoms with Crippen LogP contribution in [0.5, 0.6) is 5.75 Å². The van der Waals surface area contributed by atoms with E-state index in [4.69, 9.17) is 5.73 Å². The molecule has 0 saturated carbocycles. The summed E-state index contributed by atoms with van der Waals surface area (Å²) < 4.78 is 40.2. The van der Waals surface area contributed by atoms with Crippen LogP contribution < -0.4 is 15.8 Å². The molecule has 1 amide bonds. The fourth-order valence-corrected chi connectivity index (χ4v) is 3.08. The van der Waals surface area contributed by atoms with Crippen molar-refractivity contribution in [2.75, 3.05) is 26.2 Å². The van der Waals surface area contributed by atoms with Gasteiger partial charge in [-0.25, -0.2) is 0 Å². The molecular weight excluding hydrogens is 383 g/mol. The molecule has 5 nitrogen and oxygen atoms in total. The van der Waals surface area contributed by atoms with Gasteiger partial charge in [-0.3, -0.25) is 9.69 Å². The molecule has 3 N–H and O–H groups in total. The number of nitrogens with one attached hydrogen (secondary N) is 1. The standard InChI is InChI=1S/C18H26F3N3O2.ClH/c1-17(2)12-24(10-8-15(17)22)11-16(25)23-9-7-13-3-5-14(6-4-13)26-18(19,20)21;/h3-6,15H,7-12,22H2,1-2H3,(H,23,25);1H. The monoisotopic (exact) mass is 409 g/mol. The van der Waals surface area contributed by atoms with E-state index in [0.717, 1.165) is 25.1 Å². The quantitative estimate of drug-likeness (QED) is 0.758. The highest BCUT2D eigenvalue weighted by atomic mass is 35.5. The van der Waals surface area contributed by atoms with Crippen LogP contribution >= 0.6 is 12.4 Å². The lowest BCUT2D eigenvalue weighted by Crippen LogP contribution is -2.54. The molecular formula is C18H27ClF3N3O2. The summed E-state index contributed by atoms with van der Waals surface area (Å²) in [6.07, 6.45) is -3.29. The molecule has 1 atom stereocenters. The number of rotatable bonds is 6. The van der Waals surface area contributed by atoms with Gasteiger partial charge in [-0.1, -0.05) is 26.0 Å². The molecule has 1 aromatic rings. The smallest absolute Gasteiger partial charge is 0.406 e. The van der Waals surface area contributed by atoms with Crippen molar-refractivity contribution in [3.63, 3.8) is 0 Å². The van der Waals surface area contributed by atoms with E-state index in [1.165, 1.54) is 12.1 Å². The topological polar surface area (TPSA) is 67.6 Å². The zero-order valence-corrected chi connectivity index (χ0v) is 16.3. The van der Waals surface area contributed by atoms with Crippen molar-refractivity contribution in [2.45, 2.75) is 39.1 Å². The minimum atomic E-state index is -4.69. The second-order valence-electron chi connectivity index (χ2n) is 7.39. The summed E-state index contributed by atoms with van der Waals surface area (Å²) in [7, 11) is 0. The lowest BCUT2D eigenvalue weighted by atomic mass is 9.80. The van der Waals surface area contributed by atoms with Crippen LogP contribution in [0.3, 0.4) is 0 Å². The Kier molecular flexibility index (Phi) is 8.38. The SMILES string of the molecule is CC1(C)CN(CC(=O)NCCc2ccc(OC(F)(F)F)cc2)CCC1N.Cl. The van der Waals surface area contributed by atoms with Gasteiger partial charge in [0.15, 0.2) is 0 Å². The van der Waals surface area contributed by atoms with Crippen molar-refractivity contribution in [3.8, 4) is 5.75 Å². The highest BCUT2D eigenvalue weighted by Gasteiger charge is 2.34. The van der Waals surface area contributed by atoms with E-state index in [-0.39, 0.29) is 35.5 Å². The third kappa shape index (κ3) is 7.94. The van der Waals surface area contributed by atoms with E-state index >= 15 is 0 Å². The van der Waals surface area contributed by atoms with E-state index in [0.29, 0.717) is 19.5 Å². The predicted octanol–water partition coefficient (Wildman–Crippen LogP) is 2.72. The van der Waals surface area contributed by atoms with Gasteiger partial charge in [-0.05, 0) is 36.0 Å². The molecule has 1 saturated heterocycles. The number of carbonyl (C=O) groups excluding carboxylic acids is 1. The number of alkyl halides is 3. The first-order valence-electron chi connectivity index (χ1n) is 8.64. The van der Waals surface area contributed by atoms with Gasteiger partial charge in [0.25, 0.3) is 0 Å². The van der Waals surface area contributed by atoms with E-state index in [9.17, 15) is 18.0 Å². The molecule has 0 radical (unpaired) electrons. The molecule has 1 unspecified atom stereocenters. The summed E-state index contributed by atoms with van der Waals surface area (Å²) in [5.41, 5.74) is 6.90. The third-order valence-electron chi connectivity index (χ3n) is 4.65. The average molecular weight is 410 g/mol. The van der Waals surface area contributed by atoms with E-state index in [2.05, 4.69) is 28.8 Å². The fourth-order valence-electron chi connectivity index (χ4n) is 3.08. The first kappa shape index (κ1) is 23.5. The Morgan fingerprint density at radius 2 is 1.96 bits per heavy atom. The molecule has 1 heterocycles. The fraction of sp³-hybridized carbons (Fsp3) is 0.611. The summed E-state index contributed by atoms with van der Waals surface area (Å²) in [6, 6.07) is 5.79. The third-order valence-corrected chi connectivity index (χ3v) is 4.65. The Bertz CT molecular complexity index is 609.